The van der Waals surface area contributed by atoms with Crippen molar-refractivity contribution in [2.45, 2.75) is 65.0 Å². The number of aryl methyl sites for hydroxylation is 1. The average Bonchev–Trinajstić information content (AvgIpc) is 3.74. The van der Waals surface area contributed by atoms with Gasteiger partial charge < -0.3 is 25.1 Å². The number of nitrogens with one attached hydrogen (secondary N) is 3. The molecule has 0 saturated carbocycles. The molecule has 4 heterocycles. The van der Waals surface area contributed by atoms with Gasteiger partial charge in [0.25, 0.3) is 22.0 Å². The van der Waals surface area contributed by atoms with Crippen LogP contribution < -0.4 is 16.0 Å². The van der Waals surface area contributed by atoms with Gasteiger partial charge in [-0.15, -0.1) is 11.3 Å². The van der Waals surface area contributed by atoms with Crippen LogP contribution in [-0.2, 0) is 26.2 Å². The van der Waals surface area contributed by atoms with E-state index in [0.717, 1.165) is 5.56 Å². The summed E-state index contributed by atoms with van der Waals surface area (Å²) >= 11 is 1.25. The highest BCUT2D eigenvalue weighted by Gasteiger charge is 2.34. The Morgan fingerprint density at radius 2 is 1.72 bits per heavy atom. The van der Waals surface area contributed by atoms with E-state index in [1.807, 2.05) is 44.2 Å². The molecule has 0 spiro atoms. The molecule has 3 aromatic rings. The Labute approximate surface area is 297 Å². The molecule has 50 heavy (non-hydrogen) atoms. The number of rotatable bonds is 7. The molecule has 1 fully saturated rings. The number of hydrogen-bond acceptors (Lipinski definition) is 10. The second-order valence-electron chi connectivity index (χ2n) is 13.1. The molecule has 2 aromatic heterocycles. The highest BCUT2D eigenvalue weighted by atomic mass is 32.2. The maximum absolute atomic E-state index is 13.9. The van der Waals surface area contributed by atoms with Crippen LogP contribution in [0, 0.1) is 18.8 Å². The summed E-state index contributed by atoms with van der Waals surface area (Å²) in [5.74, 6) is -0.517. The van der Waals surface area contributed by atoms with Gasteiger partial charge in [-0.3, -0.25) is 14.4 Å². The number of aromatic nitrogens is 2. The van der Waals surface area contributed by atoms with Crippen molar-refractivity contribution in [2.75, 3.05) is 46.4 Å². The third kappa shape index (κ3) is 9.34. The topological polar surface area (TPSA) is 176 Å². The van der Waals surface area contributed by atoms with Crippen molar-refractivity contribution >= 4 is 39.3 Å². The number of piperidine rings is 1. The molecule has 5 rings (SSSR count). The SMILES string of the molecule is COCC1CCN(S(=O)(=O)N2CCCC(=O)N[C@@H](Cc3ccccc3)c3nc(c(C)o3)C(=O)N[C@@H](C(C)C)c3nc(cs3)C(=O)NCC2)CC1. The summed E-state index contributed by atoms with van der Waals surface area (Å²) in [7, 11) is -2.24. The predicted octanol–water partition coefficient (Wildman–Crippen LogP) is 3.40. The number of ether oxygens (including phenoxy) is 1. The van der Waals surface area contributed by atoms with Crippen LogP contribution in [0.15, 0.2) is 40.1 Å². The first kappa shape index (κ1) is 37.6. The molecule has 14 nitrogen and oxygen atoms in total. The quantitative estimate of drug-likeness (QED) is 0.329. The summed E-state index contributed by atoms with van der Waals surface area (Å²) in [5, 5.41) is 11.0. The van der Waals surface area contributed by atoms with Crippen molar-refractivity contribution in [3.8, 4) is 0 Å². The molecule has 16 heteroatoms. The summed E-state index contributed by atoms with van der Waals surface area (Å²) in [6.45, 7) is 6.98. The maximum atomic E-state index is 13.9. The summed E-state index contributed by atoms with van der Waals surface area (Å²) in [6, 6.07) is 8.36. The predicted molar refractivity (Wildman–Crippen MR) is 188 cm³/mol. The number of amides is 3. The number of fused-ring (bicyclic) bond motifs is 4. The van der Waals surface area contributed by atoms with Crippen LogP contribution in [0.1, 0.15) is 94.8 Å². The number of thiazole rings is 1. The normalized spacial score (nSPS) is 21.4. The van der Waals surface area contributed by atoms with Crippen LogP contribution in [0.2, 0.25) is 0 Å². The second-order valence-corrected chi connectivity index (χ2v) is 15.9. The highest BCUT2D eigenvalue weighted by molar-refractivity contribution is 7.86. The van der Waals surface area contributed by atoms with Gasteiger partial charge >= 0.3 is 0 Å². The van der Waals surface area contributed by atoms with Gasteiger partial charge in [0, 0.05) is 64.7 Å². The number of carbonyl (C=O) groups excluding carboxylic acids is 3. The summed E-state index contributed by atoms with van der Waals surface area (Å²) < 4.78 is 41.9. The second kappa shape index (κ2) is 17.0. The van der Waals surface area contributed by atoms with E-state index in [4.69, 9.17) is 9.15 Å². The zero-order chi connectivity index (χ0) is 35.8. The minimum atomic E-state index is -3.88. The number of hydrogen-bond donors (Lipinski definition) is 3. The lowest BCUT2D eigenvalue weighted by atomic mass is 9.99. The summed E-state index contributed by atoms with van der Waals surface area (Å²) in [6.07, 6.45) is 2.01. The number of benzene rings is 1. The van der Waals surface area contributed by atoms with E-state index >= 15 is 0 Å². The first-order chi connectivity index (χ1) is 24.0. The first-order valence-electron chi connectivity index (χ1n) is 17.1. The zero-order valence-electron chi connectivity index (χ0n) is 29.0. The smallest absolute Gasteiger partial charge is 0.282 e. The van der Waals surface area contributed by atoms with Crippen LogP contribution >= 0.6 is 11.3 Å². The fourth-order valence-electron chi connectivity index (χ4n) is 6.20. The molecule has 3 amide bonds. The molecule has 1 saturated heterocycles. The standard InChI is InChI=1S/C34H47N7O7S2/c1-22(2)29-34-37-27(21-49-34)31(43)35-14-18-40(50(45,46)41-16-12-25(13-17-41)20-47-4)15-8-11-28(42)36-26(19-24-9-6-5-7-10-24)33-39-30(23(3)48-33)32(44)38-29/h5-7,9-10,21-22,25-26,29H,8,11-20H2,1-4H3,(H,35,43)(H,36,42)(H,38,44)/t26-,29-/m0/s1. The van der Waals surface area contributed by atoms with Gasteiger partial charge in [-0.05, 0) is 43.6 Å². The molecule has 0 radical (unpaired) electrons. The molecule has 1 aromatic carbocycles. The molecule has 4 bridgehead atoms. The van der Waals surface area contributed by atoms with Crippen LogP contribution in [0.25, 0.3) is 0 Å². The lowest BCUT2D eigenvalue weighted by Gasteiger charge is -2.34. The number of carbonyl (C=O) groups is 3. The van der Waals surface area contributed by atoms with Gasteiger partial charge in [0.15, 0.2) is 5.69 Å². The highest BCUT2D eigenvalue weighted by Crippen LogP contribution is 2.28. The van der Waals surface area contributed by atoms with Crippen molar-refractivity contribution in [2.24, 2.45) is 11.8 Å². The van der Waals surface area contributed by atoms with E-state index in [1.54, 1.807) is 19.4 Å². The van der Waals surface area contributed by atoms with E-state index in [1.165, 1.54) is 19.9 Å². The molecule has 0 unspecified atom stereocenters. The Bertz CT molecular complexity index is 1720. The van der Waals surface area contributed by atoms with Crippen molar-refractivity contribution in [3.63, 3.8) is 0 Å². The largest absolute Gasteiger partial charge is 0.443 e. The van der Waals surface area contributed by atoms with Gasteiger partial charge in [-0.25, -0.2) is 9.97 Å². The van der Waals surface area contributed by atoms with Crippen LogP contribution in [0.3, 0.4) is 0 Å². The summed E-state index contributed by atoms with van der Waals surface area (Å²) in [5.41, 5.74) is 1.20. The monoisotopic (exact) mass is 729 g/mol. The van der Waals surface area contributed by atoms with Crippen molar-refractivity contribution < 1.29 is 32.0 Å². The van der Waals surface area contributed by atoms with Gasteiger partial charge in [0.1, 0.15) is 22.5 Å². The maximum Gasteiger partial charge on any atom is 0.282 e. The first-order valence-corrected chi connectivity index (χ1v) is 19.3. The molecule has 0 aliphatic carbocycles. The molecular formula is C34H47N7O7S2. The fourth-order valence-corrected chi connectivity index (χ4v) is 8.90. The van der Waals surface area contributed by atoms with Gasteiger partial charge in [0.2, 0.25) is 11.8 Å². The Morgan fingerprint density at radius 3 is 2.42 bits per heavy atom. The minimum Gasteiger partial charge on any atom is -0.443 e. The molecule has 2 aliphatic rings. The van der Waals surface area contributed by atoms with Crippen LogP contribution in [0.5, 0.6) is 0 Å². The van der Waals surface area contributed by atoms with Crippen LogP contribution in [0.4, 0.5) is 0 Å². The van der Waals surface area contributed by atoms with E-state index in [0.29, 0.717) is 55.6 Å². The zero-order valence-corrected chi connectivity index (χ0v) is 30.6. The third-order valence-electron chi connectivity index (χ3n) is 9.00. The number of nitrogens with zero attached hydrogens (tertiary/aromatic N) is 4. The third-order valence-corrected chi connectivity index (χ3v) is 12.0. The van der Waals surface area contributed by atoms with Crippen molar-refractivity contribution in [1.82, 2.24) is 34.5 Å². The van der Waals surface area contributed by atoms with E-state index in [2.05, 4.69) is 25.9 Å². The van der Waals surface area contributed by atoms with Gasteiger partial charge in [-0.1, -0.05) is 44.2 Å². The fraction of sp³-hybridized carbons (Fsp3) is 0.559. The Morgan fingerprint density at radius 1 is 1.00 bits per heavy atom. The number of methoxy groups -OCH3 is 1. The lowest BCUT2D eigenvalue weighted by Crippen LogP contribution is -2.49. The van der Waals surface area contributed by atoms with Gasteiger partial charge in [0.05, 0.1) is 6.04 Å². The minimum absolute atomic E-state index is 0.0182. The van der Waals surface area contributed by atoms with Crippen molar-refractivity contribution in [3.05, 3.63) is 69.3 Å². The Kier molecular flexibility index (Phi) is 12.8. The van der Waals surface area contributed by atoms with E-state index < -0.39 is 34.1 Å². The van der Waals surface area contributed by atoms with E-state index in [-0.39, 0.29) is 61.6 Å². The molecular weight excluding hydrogens is 683 g/mol. The molecule has 2 atom stereocenters. The number of oxazole rings is 1. The van der Waals surface area contributed by atoms with Gasteiger partial charge in [-0.2, -0.15) is 17.0 Å². The van der Waals surface area contributed by atoms with E-state index in [9.17, 15) is 22.8 Å². The molecule has 272 valence electrons. The average molecular weight is 730 g/mol. The lowest BCUT2D eigenvalue weighted by molar-refractivity contribution is -0.122. The molecule has 2 aliphatic heterocycles. The Hall–Kier alpha value is -3.70. The Balaban J connectivity index is 1.43. The summed E-state index contributed by atoms with van der Waals surface area (Å²) in [4.78, 5) is 49.2. The molecule has 3 N–H and O–H groups in total. The van der Waals surface area contributed by atoms with Crippen molar-refractivity contribution in [1.29, 1.82) is 0 Å². The van der Waals surface area contributed by atoms with Crippen LogP contribution in [-0.4, -0.2) is 91.2 Å².